The molecule has 1 N–H and O–H groups in total. The largest absolute Gasteiger partial charge is 0.573 e. The van der Waals surface area contributed by atoms with E-state index in [0.717, 1.165) is 24.3 Å². The number of hydrogen-bond acceptors (Lipinski definition) is 5. The highest BCUT2D eigenvalue weighted by Crippen LogP contribution is 2.25. The molecule has 2 aromatic rings. The second kappa shape index (κ2) is 8.45. The van der Waals surface area contributed by atoms with E-state index in [1.165, 1.54) is 6.07 Å². The predicted molar refractivity (Wildman–Crippen MR) is 91.0 cm³/mol. The molecule has 144 valence electrons. The van der Waals surface area contributed by atoms with Crippen LogP contribution in [0.4, 0.5) is 19.0 Å². The molecule has 0 fully saturated rings. The highest BCUT2D eigenvalue weighted by atomic mass is 35.5. The first-order valence-corrected chi connectivity index (χ1v) is 7.96. The van der Waals surface area contributed by atoms with Gasteiger partial charge >= 0.3 is 12.3 Å². The number of halogens is 5. The number of nitrogens with zero attached hydrogens (tertiary/aromatic N) is 1. The number of anilines is 1. The molecule has 11 heteroatoms. The molecule has 2 rings (SSSR count). The zero-order chi connectivity index (χ0) is 20.2. The lowest BCUT2D eigenvalue weighted by Crippen LogP contribution is -2.22. The maximum atomic E-state index is 12.1. The van der Waals surface area contributed by atoms with Crippen LogP contribution in [0.15, 0.2) is 30.3 Å². The summed E-state index contributed by atoms with van der Waals surface area (Å²) < 4.78 is 44.7. The van der Waals surface area contributed by atoms with Crippen LogP contribution in [0.2, 0.25) is 10.0 Å². The molecule has 0 radical (unpaired) electrons. The van der Waals surface area contributed by atoms with Gasteiger partial charge in [0.2, 0.25) is 0 Å². The lowest BCUT2D eigenvalue weighted by molar-refractivity contribution is -0.274. The van der Waals surface area contributed by atoms with Gasteiger partial charge < -0.3 is 14.8 Å². The molecule has 6 nitrogen and oxygen atoms in total. The van der Waals surface area contributed by atoms with E-state index in [1.54, 1.807) is 6.92 Å². The molecule has 0 aliphatic carbocycles. The SMILES string of the molecule is Cc1nc(NC(=O)COC(=O)c2ccc(OC(F)(F)F)cc2)c(Cl)cc1Cl. The van der Waals surface area contributed by atoms with E-state index >= 15 is 0 Å². The van der Waals surface area contributed by atoms with Crippen LogP contribution in [-0.4, -0.2) is 29.8 Å². The molecule has 1 heterocycles. The van der Waals surface area contributed by atoms with Gasteiger partial charge in [0, 0.05) is 0 Å². The van der Waals surface area contributed by atoms with Gasteiger partial charge in [-0.15, -0.1) is 13.2 Å². The summed E-state index contributed by atoms with van der Waals surface area (Å²) in [4.78, 5) is 27.7. The number of hydrogen-bond donors (Lipinski definition) is 1. The summed E-state index contributed by atoms with van der Waals surface area (Å²) in [6.45, 7) is 0.958. The number of rotatable bonds is 5. The minimum Gasteiger partial charge on any atom is -0.452 e. The van der Waals surface area contributed by atoms with Gasteiger partial charge in [-0.3, -0.25) is 4.79 Å². The Hall–Kier alpha value is -2.52. The highest BCUT2D eigenvalue weighted by Gasteiger charge is 2.31. The Bertz CT molecular complexity index is 858. The van der Waals surface area contributed by atoms with Crippen LogP contribution < -0.4 is 10.1 Å². The first-order valence-electron chi connectivity index (χ1n) is 7.20. The summed E-state index contributed by atoms with van der Waals surface area (Å²) in [5.74, 6) is -2.06. The van der Waals surface area contributed by atoms with Crippen molar-refractivity contribution >= 4 is 40.9 Å². The van der Waals surface area contributed by atoms with Gasteiger partial charge in [-0.25, -0.2) is 9.78 Å². The fourth-order valence-corrected chi connectivity index (χ4v) is 2.23. The van der Waals surface area contributed by atoms with E-state index in [2.05, 4.69) is 15.0 Å². The zero-order valence-electron chi connectivity index (χ0n) is 13.6. The molecule has 0 unspecified atom stereocenters. The average Bonchev–Trinajstić information content (AvgIpc) is 2.57. The Kier molecular flexibility index (Phi) is 6.50. The summed E-state index contributed by atoms with van der Waals surface area (Å²) in [6.07, 6.45) is -4.84. The zero-order valence-corrected chi connectivity index (χ0v) is 15.1. The maximum absolute atomic E-state index is 12.1. The molecule has 1 amide bonds. The van der Waals surface area contributed by atoms with E-state index in [0.29, 0.717) is 10.7 Å². The van der Waals surface area contributed by atoms with Crippen molar-refractivity contribution in [3.63, 3.8) is 0 Å². The molecule has 0 atom stereocenters. The second-order valence-electron chi connectivity index (χ2n) is 5.08. The summed E-state index contributed by atoms with van der Waals surface area (Å²) in [7, 11) is 0. The first-order chi connectivity index (χ1) is 12.5. The van der Waals surface area contributed by atoms with Gasteiger partial charge in [0.15, 0.2) is 12.4 Å². The third-order valence-corrected chi connectivity index (χ3v) is 3.69. The summed E-state index contributed by atoms with van der Waals surface area (Å²) in [5, 5.41) is 2.78. The monoisotopic (exact) mass is 422 g/mol. The van der Waals surface area contributed by atoms with Gasteiger partial charge in [-0.2, -0.15) is 0 Å². The molecule has 0 bridgehead atoms. The van der Waals surface area contributed by atoms with Gasteiger partial charge in [-0.1, -0.05) is 23.2 Å². The molecule has 27 heavy (non-hydrogen) atoms. The maximum Gasteiger partial charge on any atom is 0.573 e. The van der Waals surface area contributed by atoms with Crippen LogP contribution in [0, 0.1) is 6.92 Å². The number of nitrogens with one attached hydrogen (secondary N) is 1. The number of pyridine rings is 1. The van der Waals surface area contributed by atoms with Crippen molar-refractivity contribution in [3.05, 3.63) is 51.6 Å². The molecule has 0 saturated heterocycles. The summed E-state index contributed by atoms with van der Waals surface area (Å²) >= 11 is 11.7. The topological polar surface area (TPSA) is 77.5 Å². The Morgan fingerprint density at radius 1 is 1.15 bits per heavy atom. The summed E-state index contributed by atoms with van der Waals surface area (Å²) in [6, 6.07) is 5.44. The number of ether oxygens (including phenoxy) is 2. The number of benzene rings is 1. The predicted octanol–water partition coefficient (Wildman–Crippen LogP) is 4.39. The van der Waals surface area contributed by atoms with Crippen LogP contribution in [0.5, 0.6) is 5.75 Å². The fraction of sp³-hybridized carbons (Fsp3) is 0.188. The third-order valence-electron chi connectivity index (χ3n) is 3.02. The number of aryl methyl sites for hydroxylation is 1. The normalized spacial score (nSPS) is 11.0. The quantitative estimate of drug-likeness (QED) is 0.722. The van der Waals surface area contributed by atoms with Crippen LogP contribution in [0.3, 0.4) is 0 Å². The van der Waals surface area contributed by atoms with Crippen molar-refractivity contribution in [2.24, 2.45) is 0 Å². The molecular formula is C16H11Cl2F3N2O4. The number of alkyl halides is 3. The second-order valence-corrected chi connectivity index (χ2v) is 5.90. The third kappa shape index (κ3) is 6.30. The van der Waals surface area contributed by atoms with E-state index in [4.69, 9.17) is 27.9 Å². The van der Waals surface area contributed by atoms with Crippen molar-refractivity contribution in [2.45, 2.75) is 13.3 Å². The minimum atomic E-state index is -4.84. The molecule has 0 aliphatic rings. The Morgan fingerprint density at radius 3 is 2.37 bits per heavy atom. The van der Waals surface area contributed by atoms with Crippen molar-refractivity contribution in [1.29, 1.82) is 0 Å². The molecule has 1 aromatic heterocycles. The smallest absolute Gasteiger partial charge is 0.452 e. The number of esters is 1. The van der Waals surface area contributed by atoms with Crippen LogP contribution >= 0.6 is 23.2 Å². The fourth-order valence-electron chi connectivity index (χ4n) is 1.82. The van der Waals surface area contributed by atoms with Gasteiger partial charge in [-0.05, 0) is 37.3 Å². The summed E-state index contributed by atoms with van der Waals surface area (Å²) in [5.41, 5.74) is 0.380. The number of carbonyl (C=O) groups excluding carboxylic acids is 2. The lowest BCUT2D eigenvalue weighted by atomic mass is 10.2. The highest BCUT2D eigenvalue weighted by molar-refractivity contribution is 6.36. The van der Waals surface area contributed by atoms with Crippen molar-refractivity contribution in [3.8, 4) is 5.75 Å². The molecule has 0 aliphatic heterocycles. The van der Waals surface area contributed by atoms with Crippen molar-refractivity contribution < 1.29 is 32.2 Å². The van der Waals surface area contributed by atoms with E-state index in [-0.39, 0.29) is 16.4 Å². The number of amides is 1. The Morgan fingerprint density at radius 2 is 1.78 bits per heavy atom. The van der Waals surface area contributed by atoms with Crippen LogP contribution in [0.1, 0.15) is 16.1 Å². The molecule has 0 saturated carbocycles. The van der Waals surface area contributed by atoms with Crippen molar-refractivity contribution in [2.75, 3.05) is 11.9 Å². The molecule has 1 aromatic carbocycles. The van der Waals surface area contributed by atoms with Crippen molar-refractivity contribution in [1.82, 2.24) is 4.98 Å². The van der Waals surface area contributed by atoms with Gasteiger partial charge in [0.1, 0.15) is 5.75 Å². The standard InChI is InChI=1S/C16H11Cl2F3N2O4/c1-8-11(17)6-12(18)14(22-8)23-13(24)7-26-15(25)9-2-4-10(5-3-9)27-16(19,20)21/h2-6H,7H2,1H3,(H,22,23,24). The average molecular weight is 423 g/mol. The number of aromatic nitrogens is 1. The molecular weight excluding hydrogens is 412 g/mol. The Balaban J connectivity index is 1.91. The van der Waals surface area contributed by atoms with Gasteiger partial charge in [0.25, 0.3) is 5.91 Å². The van der Waals surface area contributed by atoms with Crippen LogP contribution in [0.25, 0.3) is 0 Å². The van der Waals surface area contributed by atoms with Gasteiger partial charge in [0.05, 0.1) is 21.3 Å². The van der Waals surface area contributed by atoms with Crippen LogP contribution in [-0.2, 0) is 9.53 Å². The van der Waals surface area contributed by atoms with E-state index < -0.39 is 30.6 Å². The molecule has 0 spiro atoms. The van der Waals surface area contributed by atoms with E-state index in [1.807, 2.05) is 0 Å². The van der Waals surface area contributed by atoms with E-state index in [9.17, 15) is 22.8 Å². The lowest BCUT2D eigenvalue weighted by Gasteiger charge is -2.10. The number of carbonyl (C=O) groups is 2. The first kappa shape index (κ1) is 20.8. The minimum absolute atomic E-state index is 0.0493. The Labute approximate surface area is 161 Å².